The van der Waals surface area contributed by atoms with Gasteiger partial charge in [0.05, 0.1) is 10.2 Å². The van der Waals surface area contributed by atoms with E-state index in [9.17, 15) is 0 Å². The van der Waals surface area contributed by atoms with Crippen molar-refractivity contribution in [1.29, 1.82) is 0 Å². The van der Waals surface area contributed by atoms with Crippen LogP contribution in [0.4, 0.5) is 5.82 Å². The van der Waals surface area contributed by atoms with E-state index in [1.54, 1.807) is 0 Å². The van der Waals surface area contributed by atoms with Crippen LogP contribution in [0, 0.1) is 0 Å². The van der Waals surface area contributed by atoms with Crippen molar-refractivity contribution in [2.24, 2.45) is 0 Å². The number of anilines is 1. The summed E-state index contributed by atoms with van der Waals surface area (Å²) in [5.74, 6) is 0.989. The predicted octanol–water partition coefficient (Wildman–Crippen LogP) is 1.29. The summed E-state index contributed by atoms with van der Waals surface area (Å²) in [6, 6.07) is 1.98. The second kappa shape index (κ2) is 4.23. The topological polar surface area (TPSA) is 63.8 Å². The van der Waals surface area contributed by atoms with Crippen LogP contribution in [0.5, 0.6) is 0 Å². The van der Waals surface area contributed by atoms with Gasteiger partial charge in [-0.2, -0.15) is 5.10 Å². The van der Waals surface area contributed by atoms with E-state index in [-0.39, 0.29) is 0 Å². The van der Waals surface area contributed by atoms with Crippen molar-refractivity contribution in [1.82, 2.24) is 15.5 Å². The first-order chi connectivity index (χ1) is 6.77. The highest BCUT2D eigenvalue weighted by atomic mass is 79.9. The third-order valence-corrected chi connectivity index (χ3v) is 3.19. The number of piperidine rings is 1. The van der Waals surface area contributed by atoms with Crippen molar-refractivity contribution in [2.45, 2.75) is 18.8 Å². The summed E-state index contributed by atoms with van der Waals surface area (Å²) in [6.45, 7) is 2.13. The molecule has 1 aromatic heterocycles. The van der Waals surface area contributed by atoms with Gasteiger partial charge in [-0.15, -0.1) is 5.10 Å². The quantitative estimate of drug-likeness (QED) is 0.795. The van der Waals surface area contributed by atoms with Gasteiger partial charge in [-0.3, -0.25) is 0 Å². The van der Waals surface area contributed by atoms with Crippen LogP contribution < -0.4 is 11.1 Å². The van der Waals surface area contributed by atoms with Gasteiger partial charge >= 0.3 is 0 Å². The SMILES string of the molecule is Nc1nnc(C2CCNCC2)cc1Br. The molecule has 1 saturated heterocycles. The lowest BCUT2D eigenvalue weighted by Crippen LogP contribution is -2.27. The number of nitrogens with one attached hydrogen (secondary N) is 1. The third kappa shape index (κ3) is 2.04. The molecular weight excluding hydrogens is 244 g/mol. The average Bonchev–Trinajstić information content (AvgIpc) is 2.23. The third-order valence-electron chi connectivity index (χ3n) is 2.55. The average molecular weight is 257 g/mol. The normalized spacial score (nSPS) is 18.4. The minimum absolute atomic E-state index is 0.461. The van der Waals surface area contributed by atoms with Crippen LogP contribution in [0.3, 0.4) is 0 Å². The molecule has 0 spiro atoms. The predicted molar refractivity (Wildman–Crippen MR) is 59.0 cm³/mol. The standard InChI is InChI=1S/C9H13BrN4/c10-7-5-8(13-14-9(7)11)6-1-3-12-4-2-6/h5-6,12H,1-4H2,(H2,11,14). The minimum Gasteiger partial charge on any atom is -0.381 e. The smallest absolute Gasteiger partial charge is 0.160 e. The Hall–Kier alpha value is -0.680. The fraction of sp³-hybridized carbons (Fsp3) is 0.556. The number of nitrogen functional groups attached to an aromatic ring is 1. The summed E-state index contributed by atoms with van der Waals surface area (Å²) in [4.78, 5) is 0. The van der Waals surface area contributed by atoms with Gasteiger partial charge in [0.25, 0.3) is 0 Å². The zero-order chi connectivity index (χ0) is 9.97. The molecule has 0 aliphatic carbocycles. The largest absolute Gasteiger partial charge is 0.381 e. The van der Waals surface area contributed by atoms with E-state index in [0.29, 0.717) is 11.7 Å². The van der Waals surface area contributed by atoms with Gasteiger partial charge in [-0.05, 0) is 47.9 Å². The van der Waals surface area contributed by atoms with E-state index in [1.165, 1.54) is 0 Å². The first-order valence-corrected chi connectivity index (χ1v) is 5.56. The van der Waals surface area contributed by atoms with E-state index in [4.69, 9.17) is 5.73 Å². The molecule has 0 saturated carbocycles. The monoisotopic (exact) mass is 256 g/mol. The number of nitrogens with zero attached hydrogens (tertiary/aromatic N) is 2. The molecule has 0 unspecified atom stereocenters. The van der Waals surface area contributed by atoms with E-state index in [2.05, 4.69) is 31.4 Å². The van der Waals surface area contributed by atoms with E-state index < -0.39 is 0 Å². The van der Waals surface area contributed by atoms with Crippen molar-refractivity contribution in [3.8, 4) is 0 Å². The summed E-state index contributed by atoms with van der Waals surface area (Å²) in [7, 11) is 0. The van der Waals surface area contributed by atoms with Gasteiger partial charge in [0.2, 0.25) is 0 Å². The molecule has 14 heavy (non-hydrogen) atoms. The summed E-state index contributed by atoms with van der Waals surface area (Å²) >= 11 is 3.37. The lowest BCUT2D eigenvalue weighted by molar-refractivity contribution is 0.450. The van der Waals surface area contributed by atoms with Crippen LogP contribution in [-0.2, 0) is 0 Å². The number of hydrogen-bond acceptors (Lipinski definition) is 4. The number of halogens is 1. The molecule has 2 heterocycles. The van der Waals surface area contributed by atoms with Crippen LogP contribution in [0.1, 0.15) is 24.5 Å². The Kier molecular flexibility index (Phi) is 2.98. The van der Waals surface area contributed by atoms with Crippen molar-refractivity contribution >= 4 is 21.7 Å². The minimum atomic E-state index is 0.461. The zero-order valence-corrected chi connectivity index (χ0v) is 9.42. The Morgan fingerprint density at radius 1 is 1.36 bits per heavy atom. The first-order valence-electron chi connectivity index (χ1n) is 4.76. The molecule has 4 nitrogen and oxygen atoms in total. The zero-order valence-electron chi connectivity index (χ0n) is 7.83. The van der Waals surface area contributed by atoms with Gasteiger partial charge in [-0.25, -0.2) is 0 Å². The molecule has 2 rings (SSSR count). The molecule has 0 atom stereocenters. The molecule has 1 aromatic rings. The highest BCUT2D eigenvalue weighted by Gasteiger charge is 2.17. The molecule has 0 amide bonds. The first kappa shape index (κ1) is 9.86. The van der Waals surface area contributed by atoms with Crippen LogP contribution in [-0.4, -0.2) is 23.3 Å². The molecule has 3 N–H and O–H groups in total. The second-order valence-corrected chi connectivity index (χ2v) is 4.38. The lowest BCUT2D eigenvalue weighted by Gasteiger charge is -2.21. The van der Waals surface area contributed by atoms with E-state index in [0.717, 1.165) is 36.1 Å². The molecule has 0 radical (unpaired) electrons. The van der Waals surface area contributed by atoms with Crippen LogP contribution in [0.2, 0.25) is 0 Å². The maximum atomic E-state index is 5.59. The van der Waals surface area contributed by atoms with Gasteiger partial charge in [0, 0.05) is 5.92 Å². The molecule has 0 aromatic carbocycles. The van der Waals surface area contributed by atoms with Crippen LogP contribution in [0.25, 0.3) is 0 Å². The second-order valence-electron chi connectivity index (χ2n) is 3.53. The van der Waals surface area contributed by atoms with Gasteiger partial charge in [0.15, 0.2) is 5.82 Å². The fourth-order valence-corrected chi connectivity index (χ4v) is 2.02. The maximum absolute atomic E-state index is 5.59. The van der Waals surface area contributed by atoms with Crippen molar-refractivity contribution in [3.63, 3.8) is 0 Å². The molecular formula is C9H13BrN4. The molecule has 0 bridgehead atoms. The highest BCUT2D eigenvalue weighted by Crippen LogP contribution is 2.26. The van der Waals surface area contributed by atoms with Gasteiger partial charge in [0.1, 0.15) is 0 Å². The number of aromatic nitrogens is 2. The highest BCUT2D eigenvalue weighted by molar-refractivity contribution is 9.10. The summed E-state index contributed by atoms with van der Waals surface area (Å²) in [5.41, 5.74) is 6.63. The Labute approximate surface area is 91.4 Å². The number of hydrogen-bond donors (Lipinski definition) is 2. The Balaban J connectivity index is 2.18. The van der Waals surface area contributed by atoms with Crippen LogP contribution in [0.15, 0.2) is 10.5 Å². The number of nitrogens with two attached hydrogens (primary N) is 1. The fourth-order valence-electron chi connectivity index (χ4n) is 1.71. The van der Waals surface area contributed by atoms with Crippen molar-refractivity contribution in [3.05, 3.63) is 16.2 Å². The Morgan fingerprint density at radius 2 is 2.07 bits per heavy atom. The van der Waals surface area contributed by atoms with Crippen LogP contribution >= 0.6 is 15.9 Å². The Bertz CT molecular complexity index is 323. The van der Waals surface area contributed by atoms with Gasteiger partial charge in [-0.1, -0.05) is 0 Å². The van der Waals surface area contributed by atoms with Crippen molar-refractivity contribution in [2.75, 3.05) is 18.8 Å². The van der Waals surface area contributed by atoms with E-state index >= 15 is 0 Å². The molecule has 1 fully saturated rings. The van der Waals surface area contributed by atoms with Gasteiger partial charge < -0.3 is 11.1 Å². The molecule has 5 heteroatoms. The molecule has 1 aliphatic rings. The summed E-state index contributed by atoms with van der Waals surface area (Å²) in [5, 5.41) is 11.4. The molecule has 1 aliphatic heterocycles. The molecule has 76 valence electrons. The Morgan fingerprint density at radius 3 is 2.71 bits per heavy atom. The lowest BCUT2D eigenvalue weighted by atomic mass is 9.94. The van der Waals surface area contributed by atoms with Crippen molar-refractivity contribution < 1.29 is 0 Å². The summed E-state index contributed by atoms with van der Waals surface area (Å²) in [6.07, 6.45) is 2.26. The number of rotatable bonds is 1. The maximum Gasteiger partial charge on any atom is 0.160 e. The summed E-state index contributed by atoms with van der Waals surface area (Å²) < 4.78 is 0.848. The van der Waals surface area contributed by atoms with E-state index in [1.807, 2.05) is 6.07 Å².